The highest BCUT2D eigenvalue weighted by molar-refractivity contribution is 6.24. The molecular weight excluding hydrogens is 205 g/mol. The molecule has 3 heteroatoms. The molecule has 0 heterocycles. The summed E-state index contributed by atoms with van der Waals surface area (Å²) >= 11 is 6.54. The van der Waals surface area contributed by atoms with Gasteiger partial charge in [-0.3, -0.25) is 0 Å². The van der Waals surface area contributed by atoms with Gasteiger partial charge in [0.15, 0.2) is 0 Å². The van der Waals surface area contributed by atoms with Crippen LogP contribution in [0.2, 0.25) is 0 Å². The summed E-state index contributed by atoms with van der Waals surface area (Å²) in [6, 6.07) is 0. The Morgan fingerprint density at radius 1 is 1.08 bits per heavy atom. The topological polar surface area (TPSA) is 26.0 Å². The predicted octanol–water partition coefficient (Wildman–Crippen LogP) is 2.70. The average Bonchev–Trinajstić information content (AvgIpc) is 1.75. The first-order valence-electron chi connectivity index (χ1n) is 5.05. The Morgan fingerprint density at radius 2 is 1.62 bits per heavy atom. The molecule has 76 valence electrons. The Kier molecular flexibility index (Phi) is 2.15. The van der Waals surface area contributed by atoms with Crippen LogP contribution in [-0.2, 0) is 0 Å². The summed E-state index contributed by atoms with van der Waals surface area (Å²) in [6.45, 7) is 0. The number of rotatable bonds is 0. The fourth-order valence-electron chi connectivity index (χ4n) is 4.22. The van der Waals surface area contributed by atoms with Crippen molar-refractivity contribution in [3.63, 3.8) is 0 Å². The summed E-state index contributed by atoms with van der Waals surface area (Å²) in [4.78, 5) is 0.110. The number of alkyl halides is 1. The van der Waals surface area contributed by atoms with E-state index in [2.05, 4.69) is 0 Å². The fourth-order valence-corrected chi connectivity index (χ4v) is 4.92. The fraction of sp³-hybridized carbons (Fsp3) is 1.00. The monoisotopic (exact) mass is 221 g/mol. The normalized spacial score (nSPS) is 57.7. The standard InChI is InChI=1S/C10H16ClN.ClH/c11-9-2-7-1-8(3-9)5-10(12,4-7)6-9;/h7-8H,1-6,12H2;1H. The van der Waals surface area contributed by atoms with Crippen LogP contribution in [0.4, 0.5) is 0 Å². The first-order chi connectivity index (χ1) is 5.57. The van der Waals surface area contributed by atoms with Crippen LogP contribution >= 0.6 is 24.0 Å². The van der Waals surface area contributed by atoms with Crippen LogP contribution in [0.15, 0.2) is 0 Å². The lowest BCUT2D eigenvalue weighted by atomic mass is 9.53. The minimum atomic E-state index is 0. The molecule has 4 fully saturated rings. The molecule has 4 bridgehead atoms. The highest BCUT2D eigenvalue weighted by atomic mass is 35.5. The maximum atomic E-state index is 6.54. The lowest BCUT2D eigenvalue weighted by Crippen LogP contribution is -2.60. The summed E-state index contributed by atoms with van der Waals surface area (Å²) in [6.07, 6.45) is 7.46. The zero-order valence-corrected chi connectivity index (χ0v) is 9.33. The molecule has 1 nitrogen and oxygen atoms in total. The van der Waals surface area contributed by atoms with Crippen LogP contribution in [0.25, 0.3) is 0 Å². The minimum absolute atomic E-state index is 0. The predicted molar refractivity (Wildman–Crippen MR) is 57.4 cm³/mol. The molecule has 0 aliphatic heterocycles. The lowest BCUT2D eigenvalue weighted by molar-refractivity contribution is 0.0146. The number of halogens is 2. The molecule has 13 heavy (non-hydrogen) atoms. The molecule has 0 aromatic heterocycles. The Labute approximate surface area is 90.8 Å². The van der Waals surface area contributed by atoms with Gasteiger partial charge >= 0.3 is 0 Å². The Bertz CT molecular complexity index is 195. The van der Waals surface area contributed by atoms with E-state index in [1.165, 1.54) is 32.1 Å². The first-order valence-corrected chi connectivity index (χ1v) is 5.43. The van der Waals surface area contributed by atoms with Gasteiger partial charge in [-0.2, -0.15) is 0 Å². The third-order valence-corrected chi connectivity index (χ3v) is 4.48. The molecule has 4 aliphatic rings. The average molecular weight is 222 g/mol. The van der Waals surface area contributed by atoms with Gasteiger partial charge < -0.3 is 5.73 Å². The van der Waals surface area contributed by atoms with E-state index in [1.54, 1.807) is 0 Å². The van der Waals surface area contributed by atoms with E-state index in [-0.39, 0.29) is 22.8 Å². The molecule has 0 saturated heterocycles. The SMILES string of the molecule is Cl.NC12CC3CC(C1)CC(Cl)(C3)C2. The van der Waals surface area contributed by atoms with Crippen molar-refractivity contribution in [2.75, 3.05) is 0 Å². The summed E-state index contributed by atoms with van der Waals surface area (Å²) in [5.41, 5.74) is 6.45. The molecular formula is C10H17Cl2N. The van der Waals surface area contributed by atoms with E-state index in [1.807, 2.05) is 0 Å². The van der Waals surface area contributed by atoms with Crippen molar-refractivity contribution < 1.29 is 0 Å². The second kappa shape index (κ2) is 2.77. The van der Waals surface area contributed by atoms with Gasteiger partial charge in [0.25, 0.3) is 0 Å². The molecule has 2 atom stereocenters. The van der Waals surface area contributed by atoms with Gasteiger partial charge in [-0.05, 0) is 50.4 Å². The van der Waals surface area contributed by atoms with Crippen molar-refractivity contribution in [1.82, 2.24) is 0 Å². The van der Waals surface area contributed by atoms with Crippen LogP contribution in [0, 0.1) is 11.8 Å². The van der Waals surface area contributed by atoms with Crippen molar-refractivity contribution in [2.45, 2.75) is 48.9 Å². The quantitative estimate of drug-likeness (QED) is 0.626. The van der Waals surface area contributed by atoms with E-state index in [0.717, 1.165) is 18.3 Å². The number of nitrogens with two attached hydrogens (primary N) is 1. The molecule has 0 aromatic rings. The molecule has 4 rings (SSSR count). The molecule has 0 radical (unpaired) electrons. The first kappa shape index (κ1) is 10.1. The zero-order chi connectivity index (χ0) is 8.40. The lowest BCUT2D eigenvalue weighted by Gasteiger charge is -2.58. The van der Waals surface area contributed by atoms with E-state index in [9.17, 15) is 0 Å². The molecule has 0 aromatic carbocycles. The minimum Gasteiger partial charge on any atom is -0.325 e. The zero-order valence-electron chi connectivity index (χ0n) is 7.76. The van der Waals surface area contributed by atoms with Crippen molar-refractivity contribution in [3.8, 4) is 0 Å². The van der Waals surface area contributed by atoms with Gasteiger partial charge in [-0.1, -0.05) is 0 Å². The van der Waals surface area contributed by atoms with Crippen molar-refractivity contribution in [2.24, 2.45) is 17.6 Å². The maximum Gasteiger partial charge on any atom is 0.0469 e. The van der Waals surface area contributed by atoms with Crippen molar-refractivity contribution in [1.29, 1.82) is 0 Å². The summed E-state index contributed by atoms with van der Waals surface area (Å²) in [7, 11) is 0. The van der Waals surface area contributed by atoms with Gasteiger partial charge in [0.1, 0.15) is 0 Å². The second-order valence-corrected chi connectivity index (χ2v) is 6.28. The molecule has 2 N–H and O–H groups in total. The number of hydrogen-bond donors (Lipinski definition) is 1. The van der Waals surface area contributed by atoms with Gasteiger partial charge in [0.05, 0.1) is 0 Å². The second-order valence-electron chi connectivity index (χ2n) is 5.47. The molecule has 4 saturated carbocycles. The maximum absolute atomic E-state index is 6.54. The van der Waals surface area contributed by atoms with Crippen molar-refractivity contribution in [3.05, 3.63) is 0 Å². The van der Waals surface area contributed by atoms with Crippen molar-refractivity contribution >= 4 is 24.0 Å². The molecule has 2 unspecified atom stereocenters. The highest BCUT2D eigenvalue weighted by Crippen LogP contribution is 2.58. The van der Waals surface area contributed by atoms with Gasteiger partial charge in [-0.25, -0.2) is 0 Å². The van der Waals surface area contributed by atoms with Gasteiger partial charge in [0.2, 0.25) is 0 Å². The van der Waals surface area contributed by atoms with Crippen LogP contribution < -0.4 is 5.73 Å². The van der Waals surface area contributed by atoms with E-state index >= 15 is 0 Å². The molecule has 0 spiro atoms. The Balaban J connectivity index is 0.000000653. The Hall–Kier alpha value is 0.540. The smallest absolute Gasteiger partial charge is 0.0469 e. The highest BCUT2D eigenvalue weighted by Gasteiger charge is 2.55. The van der Waals surface area contributed by atoms with Crippen LogP contribution in [-0.4, -0.2) is 10.4 Å². The van der Waals surface area contributed by atoms with Crippen LogP contribution in [0.3, 0.4) is 0 Å². The summed E-state index contributed by atoms with van der Waals surface area (Å²) < 4.78 is 0. The van der Waals surface area contributed by atoms with E-state index < -0.39 is 0 Å². The van der Waals surface area contributed by atoms with Gasteiger partial charge in [0, 0.05) is 10.4 Å². The molecule has 0 amide bonds. The number of hydrogen-bond acceptors (Lipinski definition) is 1. The van der Waals surface area contributed by atoms with E-state index in [4.69, 9.17) is 17.3 Å². The van der Waals surface area contributed by atoms with Crippen LogP contribution in [0.1, 0.15) is 38.5 Å². The third-order valence-electron chi connectivity index (χ3n) is 4.03. The largest absolute Gasteiger partial charge is 0.325 e. The van der Waals surface area contributed by atoms with Gasteiger partial charge in [-0.15, -0.1) is 24.0 Å². The third kappa shape index (κ3) is 1.49. The molecule has 4 aliphatic carbocycles. The summed E-state index contributed by atoms with van der Waals surface area (Å²) in [5.74, 6) is 1.71. The Morgan fingerprint density at radius 3 is 2.00 bits per heavy atom. The van der Waals surface area contributed by atoms with E-state index in [0.29, 0.717) is 0 Å². The van der Waals surface area contributed by atoms with Crippen LogP contribution in [0.5, 0.6) is 0 Å². The summed E-state index contributed by atoms with van der Waals surface area (Å²) in [5, 5.41) is 0.